The first-order valence-electron chi connectivity index (χ1n) is 6.79. The quantitative estimate of drug-likeness (QED) is 0.904. The molecule has 1 heterocycles. The van der Waals surface area contributed by atoms with E-state index in [0.29, 0.717) is 5.56 Å². The van der Waals surface area contributed by atoms with E-state index in [9.17, 15) is 4.39 Å². The van der Waals surface area contributed by atoms with E-state index < -0.39 is 0 Å². The summed E-state index contributed by atoms with van der Waals surface area (Å²) in [7, 11) is 0. The molecule has 104 valence electrons. The van der Waals surface area contributed by atoms with Gasteiger partial charge in [0.1, 0.15) is 17.2 Å². The molecule has 0 spiro atoms. The Morgan fingerprint density at radius 3 is 2.60 bits per heavy atom. The highest BCUT2D eigenvalue weighted by molar-refractivity contribution is 5.67. The Bertz CT molecular complexity index is 664. The van der Waals surface area contributed by atoms with Gasteiger partial charge in [-0.1, -0.05) is 12.1 Å². The Kier molecular flexibility index (Phi) is 3.02. The van der Waals surface area contributed by atoms with Gasteiger partial charge in [0.05, 0.1) is 0 Å². The zero-order valence-corrected chi connectivity index (χ0v) is 11.7. The van der Waals surface area contributed by atoms with Crippen LogP contribution in [-0.2, 0) is 13.0 Å². The second-order valence-electron chi connectivity index (χ2n) is 5.87. The maximum absolute atomic E-state index is 13.5. The van der Waals surface area contributed by atoms with Crippen molar-refractivity contribution in [1.29, 1.82) is 0 Å². The molecular weight excluding hydrogens is 253 g/mol. The molecule has 0 unspecified atom stereocenters. The molecule has 0 saturated carbocycles. The summed E-state index contributed by atoms with van der Waals surface area (Å²) in [4.78, 5) is 0. The predicted molar refractivity (Wildman–Crippen MR) is 78.1 cm³/mol. The number of rotatable bonds is 2. The van der Waals surface area contributed by atoms with E-state index >= 15 is 0 Å². The van der Waals surface area contributed by atoms with Crippen molar-refractivity contribution < 1.29 is 9.13 Å². The molecule has 3 rings (SSSR count). The fourth-order valence-electron chi connectivity index (χ4n) is 2.70. The van der Waals surface area contributed by atoms with Gasteiger partial charge in [0.15, 0.2) is 0 Å². The van der Waals surface area contributed by atoms with Crippen molar-refractivity contribution in [2.24, 2.45) is 5.73 Å². The van der Waals surface area contributed by atoms with Crippen molar-refractivity contribution in [2.45, 2.75) is 32.4 Å². The molecule has 0 bridgehead atoms. The van der Waals surface area contributed by atoms with E-state index in [1.807, 2.05) is 18.2 Å². The number of halogens is 1. The first-order valence-corrected chi connectivity index (χ1v) is 6.79. The Labute approximate surface area is 118 Å². The van der Waals surface area contributed by atoms with Crippen molar-refractivity contribution in [2.75, 3.05) is 0 Å². The third-order valence-electron chi connectivity index (χ3n) is 3.66. The molecule has 1 aliphatic heterocycles. The first kappa shape index (κ1) is 13.1. The third kappa shape index (κ3) is 2.29. The van der Waals surface area contributed by atoms with Gasteiger partial charge in [-0.15, -0.1) is 0 Å². The average Bonchev–Trinajstić information content (AvgIpc) is 2.72. The molecule has 0 fully saturated rings. The van der Waals surface area contributed by atoms with Crippen LogP contribution in [0.1, 0.15) is 25.0 Å². The zero-order valence-electron chi connectivity index (χ0n) is 11.7. The minimum atomic E-state index is -0.248. The maximum atomic E-state index is 13.5. The van der Waals surface area contributed by atoms with Gasteiger partial charge in [-0.2, -0.15) is 0 Å². The van der Waals surface area contributed by atoms with Crippen molar-refractivity contribution in [3.8, 4) is 16.9 Å². The second-order valence-corrected chi connectivity index (χ2v) is 5.87. The predicted octanol–water partition coefficient (Wildman–Crippen LogP) is 3.66. The average molecular weight is 271 g/mol. The third-order valence-corrected chi connectivity index (χ3v) is 3.66. The van der Waals surface area contributed by atoms with Crippen LogP contribution in [-0.4, -0.2) is 5.60 Å². The second kappa shape index (κ2) is 4.60. The summed E-state index contributed by atoms with van der Waals surface area (Å²) in [5, 5.41) is 0. The molecule has 0 saturated heterocycles. The Morgan fingerprint density at radius 1 is 1.15 bits per heavy atom. The summed E-state index contributed by atoms with van der Waals surface area (Å²) in [5.41, 5.74) is 9.21. The van der Waals surface area contributed by atoms with Crippen LogP contribution in [0.3, 0.4) is 0 Å². The van der Waals surface area contributed by atoms with Crippen LogP contribution in [0.25, 0.3) is 11.1 Å². The highest BCUT2D eigenvalue weighted by Gasteiger charge is 2.29. The number of hydrogen-bond donors (Lipinski definition) is 1. The fraction of sp³-hybridized carbons (Fsp3) is 0.294. The van der Waals surface area contributed by atoms with Crippen LogP contribution in [0.15, 0.2) is 36.4 Å². The lowest BCUT2D eigenvalue weighted by molar-refractivity contribution is 0.138. The smallest absolute Gasteiger partial charge is 0.127 e. The number of fused-ring (bicyclic) bond motifs is 1. The lowest BCUT2D eigenvalue weighted by atomic mass is 9.97. The summed E-state index contributed by atoms with van der Waals surface area (Å²) in [6, 6.07) is 11.2. The summed E-state index contributed by atoms with van der Waals surface area (Å²) in [5.74, 6) is 0.696. The first-order chi connectivity index (χ1) is 9.48. The molecule has 0 aromatic heterocycles. The summed E-state index contributed by atoms with van der Waals surface area (Å²) in [6.07, 6.45) is 0.890. The van der Waals surface area contributed by atoms with E-state index in [1.165, 1.54) is 11.6 Å². The molecule has 0 amide bonds. The molecule has 1 aliphatic rings. The van der Waals surface area contributed by atoms with Crippen molar-refractivity contribution >= 4 is 0 Å². The van der Waals surface area contributed by atoms with E-state index in [0.717, 1.165) is 23.3 Å². The van der Waals surface area contributed by atoms with Gasteiger partial charge in [0.2, 0.25) is 0 Å². The van der Waals surface area contributed by atoms with Crippen LogP contribution in [0, 0.1) is 5.82 Å². The maximum Gasteiger partial charge on any atom is 0.127 e. The molecule has 2 N–H and O–H groups in total. The Balaban J connectivity index is 2.01. The SMILES string of the molecule is CC1(C)Cc2cc(-c3ccc(F)c(CN)c3)ccc2O1. The highest BCUT2D eigenvalue weighted by atomic mass is 19.1. The molecular formula is C17H18FNO. The minimum Gasteiger partial charge on any atom is -0.487 e. The fourth-order valence-corrected chi connectivity index (χ4v) is 2.70. The Hall–Kier alpha value is -1.87. The monoisotopic (exact) mass is 271 g/mol. The molecule has 2 nitrogen and oxygen atoms in total. The van der Waals surface area contributed by atoms with Gasteiger partial charge >= 0.3 is 0 Å². The van der Waals surface area contributed by atoms with Gasteiger partial charge in [0, 0.05) is 18.5 Å². The molecule has 2 aromatic carbocycles. The lowest BCUT2D eigenvalue weighted by Crippen LogP contribution is -2.24. The van der Waals surface area contributed by atoms with Gasteiger partial charge in [-0.05, 0) is 54.8 Å². The largest absolute Gasteiger partial charge is 0.487 e. The standard InChI is InChI=1S/C17H18FNO/c1-17(2)9-13-7-12(4-6-16(13)20-17)11-3-5-15(18)14(8-11)10-19/h3-8H,9-10,19H2,1-2H3. The van der Waals surface area contributed by atoms with Crippen molar-refractivity contribution in [1.82, 2.24) is 0 Å². The molecule has 0 aliphatic carbocycles. The molecule has 0 atom stereocenters. The number of nitrogens with two attached hydrogens (primary N) is 1. The normalized spacial score (nSPS) is 15.8. The molecule has 3 heteroatoms. The van der Waals surface area contributed by atoms with Gasteiger partial charge in [-0.3, -0.25) is 0 Å². The molecule has 2 aromatic rings. The Morgan fingerprint density at radius 2 is 1.85 bits per heavy atom. The summed E-state index contributed by atoms with van der Waals surface area (Å²) in [6.45, 7) is 4.37. The van der Waals surface area contributed by atoms with Gasteiger partial charge in [-0.25, -0.2) is 4.39 Å². The van der Waals surface area contributed by atoms with Crippen molar-refractivity contribution in [3.05, 3.63) is 53.3 Å². The molecule has 20 heavy (non-hydrogen) atoms. The number of hydrogen-bond acceptors (Lipinski definition) is 2. The number of benzene rings is 2. The molecule has 0 radical (unpaired) electrons. The summed E-state index contributed by atoms with van der Waals surface area (Å²) < 4.78 is 19.4. The minimum absolute atomic E-state index is 0.147. The van der Waals surface area contributed by atoms with Gasteiger partial charge in [0.25, 0.3) is 0 Å². The van der Waals surface area contributed by atoms with Crippen molar-refractivity contribution in [3.63, 3.8) is 0 Å². The van der Waals surface area contributed by atoms with Crippen LogP contribution < -0.4 is 10.5 Å². The van der Waals surface area contributed by atoms with E-state index in [-0.39, 0.29) is 18.0 Å². The van der Waals surface area contributed by atoms with E-state index in [4.69, 9.17) is 10.5 Å². The van der Waals surface area contributed by atoms with Crippen LogP contribution in [0.5, 0.6) is 5.75 Å². The summed E-state index contributed by atoms with van der Waals surface area (Å²) >= 11 is 0. The van der Waals surface area contributed by atoms with Crippen LogP contribution in [0.2, 0.25) is 0 Å². The van der Waals surface area contributed by atoms with E-state index in [2.05, 4.69) is 19.9 Å². The zero-order chi connectivity index (χ0) is 14.3. The lowest BCUT2D eigenvalue weighted by Gasteiger charge is -2.16. The van der Waals surface area contributed by atoms with Crippen LogP contribution in [0.4, 0.5) is 4.39 Å². The number of ether oxygens (including phenoxy) is 1. The highest BCUT2D eigenvalue weighted by Crippen LogP contribution is 2.37. The van der Waals surface area contributed by atoms with Gasteiger partial charge < -0.3 is 10.5 Å². The van der Waals surface area contributed by atoms with E-state index in [1.54, 1.807) is 6.07 Å². The van der Waals surface area contributed by atoms with Crippen LogP contribution >= 0.6 is 0 Å². The topological polar surface area (TPSA) is 35.2 Å².